The lowest BCUT2D eigenvalue weighted by Gasteiger charge is -2.41. The molecule has 2 N–H and O–H groups in total. The summed E-state index contributed by atoms with van der Waals surface area (Å²) in [5.74, 6) is 2.56. The summed E-state index contributed by atoms with van der Waals surface area (Å²) < 4.78 is 5.82. The van der Waals surface area contributed by atoms with E-state index in [0.29, 0.717) is 0 Å². The van der Waals surface area contributed by atoms with E-state index in [1.54, 1.807) is 0 Å². The molecule has 0 aromatic heterocycles. The maximum atomic E-state index is 6.21. The highest BCUT2D eigenvalue weighted by atomic mass is 16.5. The predicted octanol–water partition coefficient (Wildman–Crippen LogP) is 3.28. The maximum Gasteiger partial charge on any atom is 0.0593 e. The molecule has 0 aliphatic heterocycles. The molecule has 2 saturated carbocycles. The van der Waals surface area contributed by atoms with Crippen molar-refractivity contribution in [2.45, 2.75) is 64.3 Å². The van der Waals surface area contributed by atoms with Crippen LogP contribution in [0.25, 0.3) is 0 Å². The van der Waals surface area contributed by atoms with Crippen molar-refractivity contribution < 1.29 is 4.74 Å². The first kappa shape index (κ1) is 17.2. The number of hydrogen-bond acceptors (Lipinski definition) is 3. The lowest BCUT2D eigenvalue weighted by molar-refractivity contribution is 0.0503. The summed E-state index contributed by atoms with van der Waals surface area (Å²) in [6, 6.07) is 0. The smallest absolute Gasteiger partial charge is 0.0593 e. The topological polar surface area (TPSA) is 38.5 Å². The Hall–Kier alpha value is -0.120. The van der Waals surface area contributed by atoms with E-state index in [4.69, 9.17) is 10.5 Å². The fourth-order valence-corrected chi connectivity index (χ4v) is 3.80. The van der Waals surface area contributed by atoms with Gasteiger partial charge in [-0.3, -0.25) is 4.90 Å². The molecule has 2 fully saturated rings. The second kappa shape index (κ2) is 7.94. The molecule has 21 heavy (non-hydrogen) atoms. The number of nitrogens with zero attached hydrogens (tertiary/aromatic N) is 1. The Kier molecular flexibility index (Phi) is 6.51. The first-order valence-corrected chi connectivity index (χ1v) is 9.06. The van der Waals surface area contributed by atoms with Crippen LogP contribution in [0, 0.1) is 17.8 Å². The van der Waals surface area contributed by atoms with Crippen LogP contribution in [0.2, 0.25) is 0 Å². The van der Waals surface area contributed by atoms with Crippen molar-refractivity contribution in [3.63, 3.8) is 0 Å². The van der Waals surface area contributed by atoms with Crippen molar-refractivity contribution in [1.29, 1.82) is 0 Å². The Morgan fingerprint density at radius 2 is 1.95 bits per heavy atom. The molecule has 0 aromatic rings. The summed E-state index contributed by atoms with van der Waals surface area (Å²) in [5, 5.41) is 0. The first-order chi connectivity index (χ1) is 10.1. The second-order valence-corrected chi connectivity index (χ2v) is 7.80. The van der Waals surface area contributed by atoms with Gasteiger partial charge in [-0.15, -0.1) is 0 Å². The standard InChI is InChI=1S/C18H36N2O/c1-15(2)17-5-4-9-18(14-19,10-8-17)20(3)11-12-21-13-16-6-7-16/h15-17H,4-14,19H2,1-3H3. The average molecular weight is 296 g/mol. The summed E-state index contributed by atoms with van der Waals surface area (Å²) in [6.07, 6.45) is 9.30. The van der Waals surface area contributed by atoms with Crippen molar-refractivity contribution in [2.24, 2.45) is 23.5 Å². The molecule has 3 nitrogen and oxygen atoms in total. The van der Waals surface area contributed by atoms with Crippen LogP contribution >= 0.6 is 0 Å². The lowest BCUT2D eigenvalue weighted by atomic mass is 9.85. The van der Waals surface area contributed by atoms with Crippen molar-refractivity contribution in [3.8, 4) is 0 Å². The molecular formula is C18H36N2O. The van der Waals surface area contributed by atoms with Crippen LogP contribution in [-0.2, 0) is 4.74 Å². The van der Waals surface area contributed by atoms with Gasteiger partial charge < -0.3 is 10.5 Å². The van der Waals surface area contributed by atoms with E-state index in [9.17, 15) is 0 Å². The summed E-state index contributed by atoms with van der Waals surface area (Å²) in [5.41, 5.74) is 6.42. The highest BCUT2D eigenvalue weighted by Gasteiger charge is 2.36. The van der Waals surface area contributed by atoms with Gasteiger partial charge in [0.1, 0.15) is 0 Å². The van der Waals surface area contributed by atoms with Gasteiger partial charge in [0.25, 0.3) is 0 Å². The molecule has 0 spiro atoms. The SMILES string of the molecule is CC(C)C1CCCC(CN)(N(C)CCOCC2CC2)CC1. The van der Waals surface area contributed by atoms with Crippen LogP contribution in [0.15, 0.2) is 0 Å². The molecule has 0 saturated heterocycles. The van der Waals surface area contributed by atoms with E-state index in [2.05, 4.69) is 25.8 Å². The number of nitrogens with two attached hydrogens (primary N) is 1. The minimum Gasteiger partial charge on any atom is -0.380 e. The number of hydrogen-bond donors (Lipinski definition) is 1. The fraction of sp³-hybridized carbons (Fsp3) is 1.00. The van der Waals surface area contributed by atoms with E-state index in [0.717, 1.165) is 44.1 Å². The molecule has 3 heteroatoms. The van der Waals surface area contributed by atoms with Gasteiger partial charge in [-0.05, 0) is 56.9 Å². The minimum atomic E-state index is 0.215. The zero-order valence-electron chi connectivity index (χ0n) is 14.4. The van der Waals surface area contributed by atoms with Gasteiger partial charge in [0, 0.05) is 25.2 Å². The number of likely N-dealkylation sites (N-methyl/N-ethyl adjacent to an activating group) is 1. The molecule has 2 aliphatic rings. The molecule has 0 heterocycles. The van der Waals surface area contributed by atoms with E-state index in [1.807, 2.05) is 0 Å². The quantitative estimate of drug-likeness (QED) is 0.552. The normalized spacial score (nSPS) is 30.9. The zero-order valence-corrected chi connectivity index (χ0v) is 14.4. The molecule has 2 rings (SSSR count). The van der Waals surface area contributed by atoms with Crippen molar-refractivity contribution >= 4 is 0 Å². The predicted molar refractivity (Wildman–Crippen MR) is 89.4 cm³/mol. The molecule has 2 aliphatic carbocycles. The minimum absolute atomic E-state index is 0.215. The van der Waals surface area contributed by atoms with Crippen LogP contribution in [0.3, 0.4) is 0 Å². The Balaban J connectivity index is 1.80. The van der Waals surface area contributed by atoms with E-state index >= 15 is 0 Å². The third-order valence-corrected chi connectivity index (χ3v) is 5.95. The fourth-order valence-electron chi connectivity index (χ4n) is 3.80. The van der Waals surface area contributed by atoms with Gasteiger partial charge in [0.2, 0.25) is 0 Å². The van der Waals surface area contributed by atoms with Gasteiger partial charge in [-0.1, -0.05) is 26.7 Å². The van der Waals surface area contributed by atoms with Gasteiger partial charge >= 0.3 is 0 Å². The molecule has 0 amide bonds. The van der Waals surface area contributed by atoms with E-state index < -0.39 is 0 Å². The number of ether oxygens (including phenoxy) is 1. The van der Waals surface area contributed by atoms with Crippen LogP contribution in [0.4, 0.5) is 0 Å². The summed E-state index contributed by atoms with van der Waals surface area (Å²) in [6.45, 7) is 8.39. The maximum absolute atomic E-state index is 6.21. The summed E-state index contributed by atoms with van der Waals surface area (Å²) in [7, 11) is 2.25. The van der Waals surface area contributed by atoms with E-state index in [-0.39, 0.29) is 5.54 Å². The zero-order chi connectivity index (χ0) is 15.3. The average Bonchev–Trinajstić information content (AvgIpc) is 3.29. The molecule has 2 unspecified atom stereocenters. The molecule has 2 atom stereocenters. The van der Waals surface area contributed by atoms with Crippen molar-refractivity contribution in [1.82, 2.24) is 4.90 Å². The summed E-state index contributed by atoms with van der Waals surface area (Å²) >= 11 is 0. The third kappa shape index (κ3) is 4.94. The van der Waals surface area contributed by atoms with Crippen molar-refractivity contribution in [2.75, 3.05) is 33.4 Å². The van der Waals surface area contributed by atoms with Crippen LogP contribution in [0.1, 0.15) is 58.8 Å². The highest BCUT2D eigenvalue weighted by molar-refractivity contribution is 4.93. The third-order valence-electron chi connectivity index (χ3n) is 5.95. The van der Waals surface area contributed by atoms with Crippen LogP contribution in [-0.4, -0.2) is 43.8 Å². The Bertz CT molecular complexity index is 304. The Morgan fingerprint density at radius 3 is 2.57 bits per heavy atom. The van der Waals surface area contributed by atoms with Crippen LogP contribution < -0.4 is 5.73 Å². The van der Waals surface area contributed by atoms with Gasteiger partial charge in [0.05, 0.1) is 6.61 Å². The van der Waals surface area contributed by atoms with Gasteiger partial charge in [-0.2, -0.15) is 0 Å². The van der Waals surface area contributed by atoms with Crippen LogP contribution in [0.5, 0.6) is 0 Å². The monoisotopic (exact) mass is 296 g/mol. The van der Waals surface area contributed by atoms with E-state index in [1.165, 1.54) is 44.9 Å². The molecular weight excluding hydrogens is 260 g/mol. The number of rotatable bonds is 8. The van der Waals surface area contributed by atoms with Gasteiger partial charge in [-0.25, -0.2) is 0 Å². The molecule has 0 radical (unpaired) electrons. The lowest BCUT2D eigenvalue weighted by Crippen LogP contribution is -2.52. The molecule has 0 aromatic carbocycles. The van der Waals surface area contributed by atoms with Crippen molar-refractivity contribution in [3.05, 3.63) is 0 Å². The second-order valence-electron chi connectivity index (χ2n) is 7.80. The van der Waals surface area contributed by atoms with Gasteiger partial charge in [0.15, 0.2) is 0 Å². The summed E-state index contributed by atoms with van der Waals surface area (Å²) in [4.78, 5) is 2.50. The highest BCUT2D eigenvalue weighted by Crippen LogP contribution is 2.36. The Labute approximate surface area is 131 Å². The molecule has 0 bridgehead atoms. The largest absolute Gasteiger partial charge is 0.380 e. The first-order valence-electron chi connectivity index (χ1n) is 9.06. The molecule has 124 valence electrons. The Morgan fingerprint density at radius 1 is 1.19 bits per heavy atom.